The average molecular weight is 233 g/mol. The fourth-order valence-corrected chi connectivity index (χ4v) is 1.52. The molecule has 0 saturated carbocycles. The Morgan fingerprint density at radius 2 is 2.06 bits per heavy atom. The third-order valence-corrected chi connectivity index (χ3v) is 2.28. The van der Waals surface area contributed by atoms with Crippen molar-refractivity contribution in [1.29, 1.82) is 5.26 Å². The van der Waals surface area contributed by atoms with Gasteiger partial charge in [-0.1, -0.05) is 11.6 Å². The second-order valence-corrected chi connectivity index (χ2v) is 3.64. The van der Waals surface area contributed by atoms with E-state index in [2.05, 4.69) is 4.98 Å². The molecule has 0 amide bonds. The maximum atomic E-state index is 13.2. The number of aromatic nitrogens is 1. The molecule has 0 saturated heterocycles. The van der Waals surface area contributed by atoms with Crippen LogP contribution < -0.4 is 0 Å². The molecule has 0 N–H and O–H groups in total. The lowest BCUT2D eigenvalue weighted by Crippen LogP contribution is -1.86. The van der Waals surface area contributed by atoms with Crippen LogP contribution in [0.2, 0.25) is 5.02 Å². The first-order chi connectivity index (χ1) is 7.69. The molecule has 16 heavy (non-hydrogen) atoms. The Bertz CT molecular complexity index is 575. The van der Waals surface area contributed by atoms with Crippen LogP contribution in [0.15, 0.2) is 36.5 Å². The van der Waals surface area contributed by atoms with Crippen LogP contribution in [0.4, 0.5) is 4.39 Å². The van der Waals surface area contributed by atoms with E-state index in [1.165, 1.54) is 18.3 Å². The van der Waals surface area contributed by atoms with Crippen molar-refractivity contribution in [3.05, 3.63) is 52.9 Å². The van der Waals surface area contributed by atoms with Crippen LogP contribution in [-0.2, 0) is 0 Å². The van der Waals surface area contributed by atoms with Crippen LogP contribution in [0.3, 0.4) is 0 Å². The molecule has 2 rings (SSSR count). The number of benzene rings is 1. The highest BCUT2D eigenvalue weighted by atomic mass is 35.5. The van der Waals surface area contributed by atoms with Crippen molar-refractivity contribution in [1.82, 2.24) is 4.98 Å². The van der Waals surface area contributed by atoms with Gasteiger partial charge in [0.1, 0.15) is 5.82 Å². The fraction of sp³-hybridized carbons (Fsp3) is 0. The van der Waals surface area contributed by atoms with Crippen LogP contribution in [0, 0.1) is 17.1 Å². The Balaban J connectivity index is 2.56. The van der Waals surface area contributed by atoms with Crippen molar-refractivity contribution < 1.29 is 4.39 Å². The van der Waals surface area contributed by atoms with Gasteiger partial charge in [0, 0.05) is 16.8 Å². The van der Waals surface area contributed by atoms with Crippen LogP contribution in [0.25, 0.3) is 11.3 Å². The molecule has 78 valence electrons. The monoisotopic (exact) mass is 232 g/mol. The minimum atomic E-state index is -0.462. The van der Waals surface area contributed by atoms with Gasteiger partial charge in [0.15, 0.2) is 0 Å². The molecule has 0 bridgehead atoms. The Hall–Kier alpha value is -1.92. The van der Waals surface area contributed by atoms with Crippen LogP contribution in [-0.4, -0.2) is 4.98 Å². The van der Waals surface area contributed by atoms with Gasteiger partial charge < -0.3 is 0 Å². The van der Waals surface area contributed by atoms with Crippen LogP contribution >= 0.6 is 11.6 Å². The van der Waals surface area contributed by atoms with Crippen LogP contribution in [0.5, 0.6) is 0 Å². The summed E-state index contributed by atoms with van der Waals surface area (Å²) in [6, 6.07) is 9.21. The van der Waals surface area contributed by atoms with E-state index in [9.17, 15) is 4.39 Å². The standard InChI is InChI=1S/C12H6ClFN2/c13-10-1-2-16-12(6-10)9-3-8(7-15)4-11(14)5-9/h1-6H. The topological polar surface area (TPSA) is 36.7 Å². The molecule has 1 heterocycles. The first-order valence-corrected chi connectivity index (χ1v) is 4.89. The molecule has 2 aromatic rings. The number of rotatable bonds is 1. The highest BCUT2D eigenvalue weighted by Gasteiger charge is 2.04. The minimum Gasteiger partial charge on any atom is -0.256 e. The summed E-state index contributed by atoms with van der Waals surface area (Å²) >= 11 is 5.81. The Morgan fingerprint density at radius 3 is 2.75 bits per heavy atom. The molecule has 0 aliphatic rings. The zero-order chi connectivity index (χ0) is 11.5. The highest BCUT2D eigenvalue weighted by molar-refractivity contribution is 6.30. The summed E-state index contributed by atoms with van der Waals surface area (Å²) in [6.07, 6.45) is 1.54. The summed E-state index contributed by atoms with van der Waals surface area (Å²) in [5.41, 5.74) is 1.35. The van der Waals surface area contributed by atoms with Crippen molar-refractivity contribution in [2.75, 3.05) is 0 Å². The van der Waals surface area contributed by atoms with E-state index in [0.29, 0.717) is 16.3 Å². The number of hydrogen-bond donors (Lipinski definition) is 0. The molecule has 4 heteroatoms. The van der Waals surface area contributed by atoms with E-state index in [1.54, 1.807) is 18.2 Å². The van der Waals surface area contributed by atoms with E-state index in [1.807, 2.05) is 6.07 Å². The van der Waals surface area contributed by atoms with Crippen molar-refractivity contribution in [3.63, 3.8) is 0 Å². The van der Waals surface area contributed by atoms with Crippen molar-refractivity contribution >= 4 is 11.6 Å². The van der Waals surface area contributed by atoms with Gasteiger partial charge >= 0.3 is 0 Å². The van der Waals surface area contributed by atoms with E-state index in [0.717, 1.165) is 0 Å². The second-order valence-electron chi connectivity index (χ2n) is 3.20. The average Bonchev–Trinajstić information content (AvgIpc) is 2.28. The zero-order valence-electron chi connectivity index (χ0n) is 8.11. The molecule has 0 aliphatic heterocycles. The van der Waals surface area contributed by atoms with Gasteiger partial charge in [0.05, 0.1) is 17.3 Å². The molecule has 0 atom stereocenters. The first-order valence-electron chi connectivity index (χ1n) is 4.51. The molecular weight excluding hydrogens is 227 g/mol. The molecule has 0 radical (unpaired) electrons. The maximum Gasteiger partial charge on any atom is 0.125 e. The van der Waals surface area contributed by atoms with E-state index in [-0.39, 0.29) is 5.56 Å². The molecule has 0 spiro atoms. The quantitative estimate of drug-likeness (QED) is 0.756. The summed E-state index contributed by atoms with van der Waals surface area (Å²) < 4.78 is 13.2. The van der Waals surface area contributed by atoms with Crippen molar-refractivity contribution in [2.45, 2.75) is 0 Å². The number of pyridine rings is 1. The van der Waals surface area contributed by atoms with Gasteiger partial charge in [-0.15, -0.1) is 0 Å². The number of halogens is 2. The van der Waals surface area contributed by atoms with Crippen LogP contribution in [0.1, 0.15) is 5.56 Å². The Morgan fingerprint density at radius 1 is 1.25 bits per heavy atom. The summed E-state index contributed by atoms with van der Waals surface area (Å²) in [5, 5.41) is 9.25. The van der Waals surface area contributed by atoms with Crippen molar-refractivity contribution in [2.24, 2.45) is 0 Å². The molecule has 1 aromatic carbocycles. The van der Waals surface area contributed by atoms with Gasteiger partial charge in [-0.3, -0.25) is 4.98 Å². The normalized spacial score (nSPS) is 9.81. The first kappa shape index (κ1) is 10.6. The third-order valence-electron chi connectivity index (χ3n) is 2.04. The molecule has 2 nitrogen and oxygen atoms in total. The number of hydrogen-bond acceptors (Lipinski definition) is 2. The predicted octanol–water partition coefficient (Wildman–Crippen LogP) is 3.41. The molecule has 1 aromatic heterocycles. The largest absolute Gasteiger partial charge is 0.256 e. The fourth-order valence-electron chi connectivity index (χ4n) is 1.36. The molecule has 0 aliphatic carbocycles. The molecule has 0 fully saturated rings. The number of nitriles is 1. The lowest BCUT2D eigenvalue weighted by Gasteiger charge is -2.02. The highest BCUT2D eigenvalue weighted by Crippen LogP contribution is 2.22. The summed E-state index contributed by atoms with van der Waals surface area (Å²) in [4.78, 5) is 4.07. The smallest absolute Gasteiger partial charge is 0.125 e. The Labute approximate surface area is 96.9 Å². The third kappa shape index (κ3) is 2.18. The lowest BCUT2D eigenvalue weighted by atomic mass is 10.1. The van der Waals surface area contributed by atoms with E-state index in [4.69, 9.17) is 16.9 Å². The van der Waals surface area contributed by atoms with Gasteiger partial charge in [0.2, 0.25) is 0 Å². The zero-order valence-corrected chi connectivity index (χ0v) is 8.87. The van der Waals surface area contributed by atoms with E-state index < -0.39 is 5.82 Å². The maximum absolute atomic E-state index is 13.2. The van der Waals surface area contributed by atoms with Gasteiger partial charge in [-0.05, 0) is 30.3 Å². The van der Waals surface area contributed by atoms with Gasteiger partial charge in [-0.25, -0.2) is 4.39 Å². The SMILES string of the molecule is N#Cc1cc(F)cc(-c2cc(Cl)ccn2)c1. The second kappa shape index (κ2) is 4.30. The summed E-state index contributed by atoms with van der Waals surface area (Å²) in [7, 11) is 0. The predicted molar refractivity (Wildman–Crippen MR) is 59.4 cm³/mol. The summed E-state index contributed by atoms with van der Waals surface area (Å²) in [6.45, 7) is 0. The number of nitrogens with zero attached hydrogens (tertiary/aromatic N) is 2. The van der Waals surface area contributed by atoms with E-state index >= 15 is 0 Å². The van der Waals surface area contributed by atoms with Gasteiger partial charge in [0.25, 0.3) is 0 Å². The Kier molecular flexibility index (Phi) is 2.84. The summed E-state index contributed by atoms with van der Waals surface area (Å²) in [5.74, 6) is -0.462. The molecular formula is C12H6ClFN2. The van der Waals surface area contributed by atoms with Gasteiger partial charge in [-0.2, -0.15) is 5.26 Å². The minimum absolute atomic E-state index is 0.261. The lowest BCUT2D eigenvalue weighted by molar-refractivity contribution is 0.628. The molecule has 0 unspecified atom stereocenters. The van der Waals surface area contributed by atoms with Crippen molar-refractivity contribution in [3.8, 4) is 17.3 Å².